The van der Waals surface area contributed by atoms with Crippen LogP contribution in [0.5, 0.6) is 0 Å². The molecule has 1 aliphatic carbocycles. The van der Waals surface area contributed by atoms with Crippen LogP contribution in [0.2, 0.25) is 0 Å². The number of carbonyl (C=O) groups is 1. The molecular weight excluding hydrogens is 342 g/mol. The zero-order valence-electron chi connectivity index (χ0n) is 12.9. The molecule has 0 bridgehead atoms. The Balaban J connectivity index is 1.75. The van der Waals surface area contributed by atoms with E-state index in [1.54, 1.807) is 6.20 Å². The molecule has 0 aromatic carbocycles. The molecule has 1 amide bonds. The van der Waals surface area contributed by atoms with Gasteiger partial charge in [0.25, 0.3) is 5.91 Å². The Labute approximate surface area is 139 Å². The minimum absolute atomic E-state index is 0.00328. The van der Waals surface area contributed by atoms with Gasteiger partial charge in [-0.3, -0.25) is 4.79 Å². The zero-order valence-corrected chi connectivity index (χ0v) is 14.5. The molecule has 2 aromatic rings. The van der Waals surface area contributed by atoms with E-state index < -0.39 is 0 Å². The number of pyridine rings is 1. The third-order valence-corrected chi connectivity index (χ3v) is 5.24. The molecule has 0 saturated heterocycles. The van der Waals surface area contributed by atoms with Crippen molar-refractivity contribution in [3.63, 3.8) is 0 Å². The second kappa shape index (κ2) is 6.82. The fourth-order valence-electron chi connectivity index (χ4n) is 3.34. The molecule has 0 radical (unpaired) electrons. The van der Waals surface area contributed by atoms with E-state index in [2.05, 4.69) is 26.2 Å². The average molecular weight is 364 g/mol. The highest BCUT2D eigenvalue weighted by molar-refractivity contribution is 9.10. The lowest BCUT2D eigenvalue weighted by atomic mass is 10.0. The Bertz CT molecular complexity index is 672. The van der Waals surface area contributed by atoms with Crippen LogP contribution in [-0.2, 0) is 7.05 Å². The van der Waals surface area contributed by atoms with Crippen LogP contribution in [0.4, 0.5) is 0 Å². The third-order valence-electron chi connectivity index (χ3n) is 4.58. The van der Waals surface area contributed by atoms with Crippen molar-refractivity contribution in [1.29, 1.82) is 0 Å². The Hall–Kier alpha value is -1.36. The van der Waals surface area contributed by atoms with Crippen molar-refractivity contribution in [2.45, 2.75) is 38.5 Å². The lowest BCUT2D eigenvalue weighted by molar-refractivity contribution is 0.0947. The van der Waals surface area contributed by atoms with Gasteiger partial charge in [-0.05, 0) is 40.8 Å². The number of nitrogens with zero attached hydrogens (tertiary/aromatic N) is 2. The molecule has 3 rings (SSSR count). The van der Waals surface area contributed by atoms with Gasteiger partial charge in [-0.1, -0.05) is 25.7 Å². The number of nitrogens with one attached hydrogen (secondary N) is 1. The normalized spacial score (nSPS) is 16.6. The van der Waals surface area contributed by atoms with E-state index in [4.69, 9.17) is 0 Å². The second-order valence-corrected chi connectivity index (χ2v) is 7.07. The summed E-state index contributed by atoms with van der Waals surface area (Å²) in [5.41, 5.74) is 1.53. The maximum absolute atomic E-state index is 12.6. The minimum atomic E-state index is 0.00328. The van der Waals surface area contributed by atoms with Crippen LogP contribution in [-0.4, -0.2) is 22.0 Å². The van der Waals surface area contributed by atoms with Gasteiger partial charge in [-0.25, -0.2) is 4.98 Å². The molecule has 0 aliphatic heterocycles. The third kappa shape index (κ3) is 3.19. The van der Waals surface area contributed by atoms with Crippen molar-refractivity contribution in [2.75, 3.05) is 6.54 Å². The number of aromatic nitrogens is 2. The summed E-state index contributed by atoms with van der Waals surface area (Å²) < 4.78 is 2.82. The van der Waals surface area contributed by atoms with Gasteiger partial charge < -0.3 is 9.88 Å². The zero-order chi connectivity index (χ0) is 15.5. The van der Waals surface area contributed by atoms with Gasteiger partial charge >= 0.3 is 0 Å². The van der Waals surface area contributed by atoms with Gasteiger partial charge in [-0.15, -0.1) is 0 Å². The van der Waals surface area contributed by atoms with Gasteiger partial charge in [0.2, 0.25) is 0 Å². The number of aryl methyl sites for hydroxylation is 1. The molecule has 1 N–H and O–H groups in total. The highest BCUT2D eigenvalue weighted by Gasteiger charge is 2.19. The summed E-state index contributed by atoms with van der Waals surface area (Å²) in [6.45, 7) is 0.785. The van der Waals surface area contributed by atoms with Crippen molar-refractivity contribution < 1.29 is 4.79 Å². The molecule has 2 aromatic heterocycles. The van der Waals surface area contributed by atoms with Crippen LogP contribution < -0.4 is 5.32 Å². The fraction of sp³-hybridized carbons (Fsp3) is 0.529. The predicted octanol–water partition coefficient (Wildman–Crippen LogP) is 4.04. The molecule has 0 unspecified atom stereocenters. The van der Waals surface area contributed by atoms with E-state index in [9.17, 15) is 4.79 Å². The molecule has 1 aliphatic rings. The fourth-order valence-corrected chi connectivity index (χ4v) is 3.85. The summed E-state index contributed by atoms with van der Waals surface area (Å²) in [6.07, 6.45) is 11.4. The first kappa shape index (κ1) is 15.5. The summed E-state index contributed by atoms with van der Waals surface area (Å²) >= 11 is 3.53. The van der Waals surface area contributed by atoms with Gasteiger partial charge in [0, 0.05) is 35.8 Å². The molecule has 1 fully saturated rings. The highest BCUT2D eigenvalue weighted by Crippen LogP contribution is 2.27. The topological polar surface area (TPSA) is 46.9 Å². The Morgan fingerprint density at radius 1 is 1.36 bits per heavy atom. The largest absolute Gasteiger partial charge is 0.352 e. The Morgan fingerprint density at radius 2 is 2.09 bits per heavy atom. The molecule has 5 heteroatoms. The predicted molar refractivity (Wildman–Crippen MR) is 91.9 cm³/mol. The minimum Gasteiger partial charge on any atom is -0.352 e. The molecular formula is C17H22BrN3O. The maximum atomic E-state index is 12.6. The van der Waals surface area contributed by atoms with E-state index >= 15 is 0 Å². The van der Waals surface area contributed by atoms with E-state index in [1.165, 1.54) is 38.5 Å². The molecule has 2 heterocycles. The van der Waals surface area contributed by atoms with Crippen LogP contribution in [0.25, 0.3) is 11.0 Å². The summed E-state index contributed by atoms with van der Waals surface area (Å²) in [5.74, 6) is 0.631. The summed E-state index contributed by atoms with van der Waals surface area (Å²) in [5, 5.41) is 4.02. The van der Waals surface area contributed by atoms with Gasteiger partial charge in [0.1, 0.15) is 5.65 Å². The molecule has 0 spiro atoms. The SMILES string of the molecule is Cn1cc(C(=O)NCC2CCCCCC2)c2c(Br)ccnc21. The first-order chi connectivity index (χ1) is 10.7. The molecule has 0 atom stereocenters. The number of amides is 1. The van der Waals surface area contributed by atoms with Crippen molar-refractivity contribution in [1.82, 2.24) is 14.9 Å². The van der Waals surface area contributed by atoms with Gasteiger partial charge in [0.15, 0.2) is 0 Å². The quantitative estimate of drug-likeness (QED) is 0.836. The van der Waals surface area contributed by atoms with Crippen LogP contribution in [0.1, 0.15) is 48.9 Å². The maximum Gasteiger partial charge on any atom is 0.253 e. The first-order valence-corrected chi connectivity index (χ1v) is 8.84. The average Bonchev–Trinajstić information content (AvgIpc) is 2.70. The Kier molecular flexibility index (Phi) is 4.81. The van der Waals surface area contributed by atoms with Crippen LogP contribution in [0.15, 0.2) is 22.9 Å². The number of halogens is 1. The number of hydrogen-bond donors (Lipinski definition) is 1. The van der Waals surface area contributed by atoms with Gasteiger partial charge in [0.05, 0.1) is 5.56 Å². The standard InChI is InChI=1S/C17H22BrN3O/c1-21-11-13(15-14(18)8-9-19-16(15)21)17(22)20-10-12-6-4-2-3-5-7-12/h8-9,11-12H,2-7,10H2,1H3,(H,20,22). The van der Waals surface area contributed by atoms with E-state index in [1.807, 2.05) is 23.9 Å². The molecule has 4 nitrogen and oxygen atoms in total. The van der Waals surface area contributed by atoms with Crippen molar-refractivity contribution in [3.8, 4) is 0 Å². The lowest BCUT2D eigenvalue weighted by Gasteiger charge is -2.14. The van der Waals surface area contributed by atoms with E-state index in [0.29, 0.717) is 11.5 Å². The van der Waals surface area contributed by atoms with Crippen LogP contribution in [0, 0.1) is 5.92 Å². The summed E-state index contributed by atoms with van der Waals surface area (Å²) in [7, 11) is 1.92. The highest BCUT2D eigenvalue weighted by atomic mass is 79.9. The van der Waals surface area contributed by atoms with Crippen LogP contribution in [0.3, 0.4) is 0 Å². The lowest BCUT2D eigenvalue weighted by Crippen LogP contribution is -2.29. The van der Waals surface area contributed by atoms with E-state index in [-0.39, 0.29) is 5.91 Å². The van der Waals surface area contributed by atoms with Crippen LogP contribution >= 0.6 is 15.9 Å². The number of carbonyl (C=O) groups excluding carboxylic acids is 1. The number of rotatable bonds is 3. The summed E-state index contributed by atoms with van der Waals surface area (Å²) in [6, 6.07) is 1.88. The van der Waals surface area contributed by atoms with E-state index in [0.717, 1.165) is 22.1 Å². The van der Waals surface area contributed by atoms with Gasteiger partial charge in [-0.2, -0.15) is 0 Å². The number of fused-ring (bicyclic) bond motifs is 1. The molecule has 118 valence electrons. The molecule has 22 heavy (non-hydrogen) atoms. The van der Waals surface area contributed by atoms with Crippen molar-refractivity contribution in [3.05, 3.63) is 28.5 Å². The first-order valence-electron chi connectivity index (χ1n) is 8.04. The smallest absolute Gasteiger partial charge is 0.253 e. The number of hydrogen-bond acceptors (Lipinski definition) is 2. The van der Waals surface area contributed by atoms with Crippen molar-refractivity contribution in [2.24, 2.45) is 13.0 Å². The Morgan fingerprint density at radius 3 is 2.82 bits per heavy atom. The monoisotopic (exact) mass is 363 g/mol. The summed E-state index contributed by atoms with van der Waals surface area (Å²) in [4.78, 5) is 16.9. The van der Waals surface area contributed by atoms with Crippen molar-refractivity contribution >= 4 is 32.9 Å². The second-order valence-electron chi connectivity index (χ2n) is 6.21. The molecule has 1 saturated carbocycles.